The predicted molar refractivity (Wildman–Crippen MR) is 105 cm³/mol. The minimum Gasteiger partial charge on any atom is -0.353 e. The van der Waals surface area contributed by atoms with Crippen molar-refractivity contribution in [3.63, 3.8) is 0 Å². The third-order valence-corrected chi connectivity index (χ3v) is 5.28. The number of anilines is 1. The summed E-state index contributed by atoms with van der Waals surface area (Å²) >= 11 is 12.4. The van der Waals surface area contributed by atoms with E-state index in [-0.39, 0.29) is 11.7 Å². The van der Waals surface area contributed by atoms with Crippen molar-refractivity contribution in [2.45, 2.75) is 13.0 Å². The van der Waals surface area contributed by atoms with E-state index in [1.165, 1.54) is 0 Å². The highest BCUT2D eigenvalue weighted by molar-refractivity contribution is 6.35. The van der Waals surface area contributed by atoms with Crippen molar-refractivity contribution in [1.29, 1.82) is 5.26 Å². The molecule has 4 rings (SSSR count). The summed E-state index contributed by atoms with van der Waals surface area (Å²) in [6.45, 7) is 5.48. The second-order valence-electron chi connectivity index (χ2n) is 6.38. The van der Waals surface area contributed by atoms with E-state index in [4.69, 9.17) is 28.2 Å². The van der Waals surface area contributed by atoms with Crippen LogP contribution in [0.4, 0.5) is 5.82 Å². The number of hydrogen-bond acceptors (Lipinski definition) is 6. The lowest BCUT2D eigenvalue weighted by molar-refractivity contribution is 0.572. The van der Waals surface area contributed by atoms with Crippen molar-refractivity contribution in [3.8, 4) is 6.07 Å². The zero-order chi connectivity index (χ0) is 19.0. The molecule has 1 fully saturated rings. The Morgan fingerprint density at radius 3 is 2.74 bits per heavy atom. The van der Waals surface area contributed by atoms with E-state index in [9.17, 15) is 5.26 Å². The monoisotopic (exact) mass is 401 g/mol. The number of benzene rings is 1. The molecule has 1 atom stereocenters. The minimum absolute atomic E-state index is 0.230. The molecule has 27 heavy (non-hydrogen) atoms. The molecule has 1 aromatic carbocycles. The van der Waals surface area contributed by atoms with Crippen LogP contribution in [0.1, 0.15) is 24.2 Å². The second-order valence-corrected chi connectivity index (χ2v) is 7.23. The van der Waals surface area contributed by atoms with Gasteiger partial charge in [-0.25, -0.2) is 14.6 Å². The van der Waals surface area contributed by atoms with Crippen molar-refractivity contribution >= 4 is 40.2 Å². The van der Waals surface area contributed by atoms with Gasteiger partial charge in [0.15, 0.2) is 11.3 Å². The van der Waals surface area contributed by atoms with Gasteiger partial charge in [0, 0.05) is 36.2 Å². The molecule has 1 saturated heterocycles. The van der Waals surface area contributed by atoms with Gasteiger partial charge in [-0.2, -0.15) is 10.4 Å². The van der Waals surface area contributed by atoms with Crippen LogP contribution >= 0.6 is 23.2 Å². The molecule has 3 aromatic rings. The van der Waals surface area contributed by atoms with Crippen molar-refractivity contribution in [2.75, 3.05) is 31.1 Å². The molecule has 2 aromatic heterocycles. The van der Waals surface area contributed by atoms with Gasteiger partial charge in [-0.1, -0.05) is 29.3 Å². The summed E-state index contributed by atoms with van der Waals surface area (Å²) in [4.78, 5) is 11.4. The molecule has 0 spiro atoms. The quantitative estimate of drug-likeness (QED) is 0.725. The first kappa shape index (κ1) is 18.0. The number of nitrogens with zero attached hydrogens (tertiary/aromatic N) is 6. The SMILES string of the molecule is CC(c1ccc(Cl)cc1Cl)n1nc(C#N)c2ncc(N3CCNCC3)nc21. The number of nitrogens with one attached hydrogen (secondary N) is 1. The zero-order valence-electron chi connectivity index (χ0n) is 14.7. The fraction of sp³-hybridized carbons (Fsp3) is 0.333. The number of aromatic nitrogens is 4. The fourth-order valence-corrected chi connectivity index (χ4v) is 3.83. The van der Waals surface area contributed by atoms with Gasteiger partial charge in [-0.3, -0.25) is 0 Å². The van der Waals surface area contributed by atoms with Crippen LogP contribution < -0.4 is 10.2 Å². The Balaban J connectivity index is 1.82. The number of rotatable bonds is 3. The highest BCUT2D eigenvalue weighted by Crippen LogP contribution is 2.31. The molecule has 0 amide bonds. The maximum Gasteiger partial charge on any atom is 0.190 e. The molecular formula is C18H17Cl2N7. The van der Waals surface area contributed by atoms with Gasteiger partial charge < -0.3 is 10.2 Å². The summed E-state index contributed by atoms with van der Waals surface area (Å²) < 4.78 is 1.71. The van der Waals surface area contributed by atoms with E-state index in [0.29, 0.717) is 21.2 Å². The maximum absolute atomic E-state index is 9.45. The fourth-order valence-electron chi connectivity index (χ4n) is 3.26. The van der Waals surface area contributed by atoms with Crippen LogP contribution in [0.5, 0.6) is 0 Å². The van der Waals surface area contributed by atoms with Gasteiger partial charge in [-0.05, 0) is 24.6 Å². The lowest BCUT2D eigenvalue weighted by atomic mass is 10.1. The molecule has 0 radical (unpaired) electrons. The highest BCUT2D eigenvalue weighted by Gasteiger charge is 2.22. The van der Waals surface area contributed by atoms with Crippen LogP contribution in [0.2, 0.25) is 10.0 Å². The number of fused-ring (bicyclic) bond motifs is 1. The van der Waals surface area contributed by atoms with Gasteiger partial charge in [0.25, 0.3) is 0 Å². The summed E-state index contributed by atoms with van der Waals surface area (Å²) in [6, 6.07) is 7.22. The lowest BCUT2D eigenvalue weighted by Gasteiger charge is -2.28. The number of piperazine rings is 1. The molecule has 0 aliphatic carbocycles. The van der Waals surface area contributed by atoms with Crippen LogP contribution in [0.25, 0.3) is 11.2 Å². The second kappa shape index (κ2) is 7.31. The van der Waals surface area contributed by atoms with E-state index in [1.807, 2.05) is 13.0 Å². The summed E-state index contributed by atoms with van der Waals surface area (Å²) in [5.41, 5.74) is 2.17. The molecule has 1 N–H and O–H groups in total. The minimum atomic E-state index is -0.230. The van der Waals surface area contributed by atoms with E-state index in [2.05, 4.69) is 26.4 Å². The van der Waals surface area contributed by atoms with Crippen molar-refractivity contribution < 1.29 is 0 Å². The molecule has 0 bridgehead atoms. The van der Waals surface area contributed by atoms with Gasteiger partial charge in [0.1, 0.15) is 17.4 Å². The number of hydrogen-bond donors (Lipinski definition) is 1. The summed E-state index contributed by atoms with van der Waals surface area (Å²) in [6.07, 6.45) is 1.71. The highest BCUT2D eigenvalue weighted by atomic mass is 35.5. The van der Waals surface area contributed by atoms with Crippen LogP contribution in [-0.4, -0.2) is 45.9 Å². The molecule has 7 nitrogen and oxygen atoms in total. The Labute approximate surface area is 166 Å². The first-order valence-corrected chi connectivity index (χ1v) is 9.40. The Bertz CT molecular complexity index is 1030. The third kappa shape index (κ3) is 3.32. The van der Waals surface area contributed by atoms with E-state index in [1.54, 1.807) is 23.0 Å². The molecule has 1 unspecified atom stereocenters. The molecular weight excluding hydrogens is 385 g/mol. The average molecular weight is 402 g/mol. The van der Waals surface area contributed by atoms with E-state index in [0.717, 1.165) is 37.6 Å². The molecule has 0 saturated carbocycles. The Hall–Kier alpha value is -2.40. The Kier molecular flexibility index (Phi) is 4.87. The molecule has 1 aliphatic heterocycles. The smallest absolute Gasteiger partial charge is 0.190 e. The lowest BCUT2D eigenvalue weighted by Crippen LogP contribution is -2.43. The van der Waals surface area contributed by atoms with Gasteiger partial charge in [0.05, 0.1) is 12.2 Å². The standard InChI is InChI=1S/C18H17Cl2N7/c1-11(13-3-2-12(19)8-14(13)20)27-18-17(15(9-21)25-27)23-10-16(24-18)26-6-4-22-5-7-26/h2-3,8,10-11,22H,4-7H2,1H3. The topological polar surface area (TPSA) is 82.7 Å². The third-order valence-electron chi connectivity index (χ3n) is 4.72. The first-order chi connectivity index (χ1) is 13.1. The molecule has 3 heterocycles. The van der Waals surface area contributed by atoms with Crippen molar-refractivity contribution in [3.05, 3.63) is 45.7 Å². The van der Waals surface area contributed by atoms with E-state index < -0.39 is 0 Å². The van der Waals surface area contributed by atoms with Crippen LogP contribution in [0, 0.1) is 11.3 Å². The van der Waals surface area contributed by atoms with Crippen LogP contribution in [0.3, 0.4) is 0 Å². The largest absolute Gasteiger partial charge is 0.353 e. The average Bonchev–Trinajstić information content (AvgIpc) is 3.06. The van der Waals surface area contributed by atoms with Gasteiger partial charge in [0.2, 0.25) is 0 Å². The Morgan fingerprint density at radius 1 is 1.26 bits per heavy atom. The van der Waals surface area contributed by atoms with Crippen LogP contribution in [0.15, 0.2) is 24.4 Å². The first-order valence-electron chi connectivity index (χ1n) is 8.64. The normalized spacial score (nSPS) is 15.7. The summed E-state index contributed by atoms with van der Waals surface area (Å²) in [7, 11) is 0. The zero-order valence-corrected chi connectivity index (χ0v) is 16.2. The molecule has 1 aliphatic rings. The number of nitriles is 1. The van der Waals surface area contributed by atoms with E-state index >= 15 is 0 Å². The van der Waals surface area contributed by atoms with Crippen LogP contribution in [-0.2, 0) is 0 Å². The van der Waals surface area contributed by atoms with Crippen molar-refractivity contribution in [1.82, 2.24) is 25.1 Å². The number of halogens is 2. The van der Waals surface area contributed by atoms with Gasteiger partial charge in [-0.15, -0.1) is 0 Å². The maximum atomic E-state index is 9.45. The predicted octanol–water partition coefficient (Wildman–Crippen LogP) is 3.02. The van der Waals surface area contributed by atoms with Gasteiger partial charge >= 0.3 is 0 Å². The molecule has 138 valence electrons. The molecule has 9 heteroatoms. The van der Waals surface area contributed by atoms with Crippen molar-refractivity contribution in [2.24, 2.45) is 0 Å². The summed E-state index contributed by atoms with van der Waals surface area (Å²) in [5, 5.41) is 18.3. The summed E-state index contributed by atoms with van der Waals surface area (Å²) in [5.74, 6) is 0.782. The Morgan fingerprint density at radius 2 is 2.04 bits per heavy atom.